The van der Waals surface area contributed by atoms with Crippen LogP contribution >= 0.6 is 24.0 Å². The molecule has 1 aliphatic rings. The molecule has 0 saturated carbocycles. The van der Waals surface area contributed by atoms with Gasteiger partial charge in [-0.15, -0.1) is 24.0 Å². The third-order valence-electron chi connectivity index (χ3n) is 5.27. The minimum absolute atomic E-state index is 0. The van der Waals surface area contributed by atoms with E-state index < -0.39 is 0 Å². The van der Waals surface area contributed by atoms with Gasteiger partial charge in [0.15, 0.2) is 5.96 Å². The fourth-order valence-corrected chi connectivity index (χ4v) is 3.46. The van der Waals surface area contributed by atoms with Gasteiger partial charge >= 0.3 is 0 Å². The standard InChI is InChI=1S/C23H39N5.HI/c1-5-24-23(26-20(4)11-10-16-27(6-2)7-3)25-19-21-12-14-22(15-13-21)28-17-8-9-18-28;/h8-9,12-15,20H,5-7,10-11,16-19H2,1-4H3,(H2,24,25,26);1H. The Morgan fingerprint density at radius 1 is 1.10 bits per heavy atom. The molecule has 1 unspecified atom stereocenters. The zero-order chi connectivity index (χ0) is 20.2. The lowest BCUT2D eigenvalue weighted by molar-refractivity contribution is 0.292. The van der Waals surface area contributed by atoms with Gasteiger partial charge < -0.3 is 20.4 Å². The molecule has 0 aliphatic carbocycles. The number of hydrogen-bond acceptors (Lipinski definition) is 3. The Kier molecular flexibility index (Phi) is 13.0. The van der Waals surface area contributed by atoms with Gasteiger partial charge in [-0.3, -0.25) is 0 Å². The number of rotatable bonds is 11. The lowest BCUT2D eigenvalue weighted by Crippen LogP contribution is -2.42. The molecule has 0 fully saturated rings. The number of guanidine groups is 1. The van der Waals surface area contributed by atoms with Crippen LogP contribution in [0.4, 0.5) is 5.69 Å². The molecule has 5 nitrogen and oxygen atoms in total. The highest BCUT2D eigenvalue weighted by molar-refractivity contribution is 14.0. The summed E-state index contributed by atoms with van der Waals surface area (Å²) in [5.74, 6) is 0.908. The molecule has 1 aromatic carbocycles. The van der Waals surface area contributed by atoms with Crippen molar-refractivity contribution in [3.05, 3.63) is 42.0 Å². The van der Waals surface area contributed by atoms with E-state index >= 15 is 0 Å². The van der Waals surface area contributed by atoms with Gasteiger partial charge in [-0.1, -0.05) is 38.1 Å². The molecule has 1 heterocycles. The topological polar surface area (TPSA) is 42.9 Å². The first-order valence-corrected chi connectivity index (χ1v) is 10.9. The average molecular weight is 514 g/mol. The van der Waals surface area contributed by atoms with Crippen molar-refractivity contribution in [3.63, 3.8) is 0 Å². The van der Waals surface area contributed by atoms with Crippen molar-refractivity contribution in [1.29, 1.82) is 0 Å². The molecule has 6 heteroatoms. The third kappa shape index (κ3) is 9.38. The van der Waals surface area contributed by atoms with E-state index in [1.807, 2.05) is 0 Å². The molecule has 1 aliphatic heterocycles. The van der Waals surface area contributed by atoms with Crippen molar-refractivity contribution >= 4 is 35.6 Å². The second kappa shape index (κ2) is 14.7. The summed E-state index contributed by atoms with van der Waals surface area (Å²) in [5, 5.41) is 6.93. The van der Waals surface area contributed by atoms with Gasteiger partial charge in [-0.25, -0.2) is 4.99 Å². The molecule has 164 valence electrons. The quantitative estimate of drug-likeness (QED) is 0.201. The molecule has 0 spiro atoms. The molecular weight excluding hydrogens is 473 g/mol. The Morgan fingerprint density at radius 3 is 2.34 bits per heavy atom. The van der Waals surface area contributed by atoms with Crippen LogP contribution in [0.25, 0.3) is 0 Å². The number of benzene rings is 1. The first kappa shape index (κ1) is 25.8. The summed E-state index contributed by atoms with van der Waals surface area (Å²) in [6.45, 7) is 15.9. The maximum Gasteiger partial charge on any atom is 0.191 e. The van der Waals surface area contributed by atoms with E-state index in [1.165, 1.54) is 24.2 Å². The SMILES string of the molecule is CCNC(=NCc1ccc(N2CC=CC2)cc1)NC(C)CCCN(CC)CC.I. The maximum atomic E-state index is 4.78. The van der Waals surface area contributed by atoms with Crippen LogP contribution in [0.1, 0.15) is 46.1 Å². The molecular formula is C23H40IN5. The summed E-state index contributed by atoms with van der Waals surface area (Å²) in [4.78, 5) is 9.62. The van der Waals surface area contributed by atoms with E-state index in [0.29, 0.717) is 12.6 Å². The Morgan fingerprint density at radius 2 is 1.76 bits per heavy atom. The van der Waals surface area contributed by atoms with Crippen LogP contribution in [0.5, 0.6) is 0 Å². The second-order valence-electron chi connectivity index (χ2n) is 7.45. The Balaban J connectivity index is 0.00000420. The molecule has 0 aromatic heterocycles. The van der Waals surface area contributed by atoms with Crippen LogP contribution < -0.4 is 15.5 Å². The predicted octanol–water partition coefficient (Wildman–Crippen LogP) is 4.25. The minimum atomic E-state index is 0. The van der Waals surface area contributed by atoms with Gasteiger partial charge in [0.05, 0.1) is 6.54 Å². The molecule has 2 N–H and O–H groups in total. The highest BCUT2D eigenvalue weighted by atomic mass is 127. The van der Waals surface area contributed by atoms with Crippen molar-refractivity contribution in [1.82, 2.24) is 15.5 Å². The van der Waals surface area contributed by atoms with Gasteiger partial charge in [0.1, 0.15) is 0 Å². The Hall–Kier alpha value is -1.28. The van der Waals surface area contributed by atoms with Crippen molar-refractivity contribution in [3.8, 4) is 0 Å². The summed E-state index contributed by atoms with van der Waals surface area (Å²) in [6.07, 6.45) is 6.80. The lowest BCUT2D eigenvalue weighted by atomic mass is 10.2. The third-order valence-corrected chi connectivity index (χ3v) is 5.27. The summed E-state index contributed by atoms with van der Waals surface area (Å²) in [6, 6.07) is 9.20. The van der Waals surface area contributed by atoms with Gasteiger partial charge in [0, 0.05) is 31.4 Å². The molecule has 0 radical (unpaired) electrons. The number of hydrogen-bond donors (Lipinski definition) is 2. The molecule has 1 atom stereocenters. The van der Waals surface area contributed by atoms with E-state index in [0.717, 1.165) is 45.1 Å². The predicted molar refractivity (Wildman–Crippen MR) is 138 cm³/mol. The number of anilines is 1. The van der Waals surface area contributed by atoms with Gasteiger partial charge in [0.2, 0.25) is 0 Å². The number of halogens is 1. The number of aliphatic imine (C=N–C) groups is 1. The van der Waals surface area contributed by atoms with Crippen LogP contribution in [0.2, 0.25) is 0 Å². The molecule has 0 saturated heterocycles. The van der Waals surface area contributed by atoms with Crippen molar-refractivity contribution < 1.29 is 0 Å². The van der Waals surface area contributed by atoms with Crippen molar-refractivity contribution in [2.45, 2.75) is 53.1 Å². The van der Waals surface area contributed by atoms with E-state index in [2.05, 4.69) is 84.5 Å². The van der Waals surface area contributed by atoms with Crippen LogP contribution in [0.15, 0.2) is 41.4 Å². The van der Waals surface area contributed by atoms with Gasteiger partial charge in [0.25, 0.3) is 0 Å². The summed E-state index contributed by atoms with van der Waals surface area (Å²) in [7, 11) is 0. The molecule has 29 heavy (non-hydrogen) atoms. The molecule has 0 amide bonds. The van der Waals surface area contributed by atoms with Crippen molar-refractivity contribution in [2.24, 2.45) is 4.99 Å². The van der Waals surface area contributed by atoms with Crippen molar-refractivity contribution in [2.75, 3.05) is 44.2 Å². The molecule has 1 aromatic rings. The summed E-state index contributed by atoms with van der Waals surface area (Å²) in [5.41, 5.74) is 2.52. The number of nitrogens with one attached hydrogen (secondary N) is 2. The zero-order valence-corrected chi connectivity index (χ0v) is 21.0. The zero-order valence-electron chi connectivity index (χ0n) is 18.7. The summed E-state index contributed by atoms with van der Waals surface area (Å²) < 4.78 is 0. The first-order valence-electron chi connectivity index (χ1n) is 10.9. The van der Waals surface area contributed by atoms with E-state index in [4.69, 9.17) is 4.99 Å². The first-order chi connectivity index (χ1) is 13.7. The van der Waals surface area contributed by atoms with E-state index in [1.54, 1.807) is 0 Å². The Bertz CT molecular complexity index is 602. The molecule has 2 rings (SSSR count). The number of nitrogens with zero attached hydrogens (tertiary/aromatic N) is 3. The molecule has 0 bridgehead atoms. The van der Waals surface area contributed by atoms with Crippen LogP contribution in [0.3, 0.4) is 0 Å². The maximum absolute atomic E-state index is 4.78. The van der Waals surface area contributed by atoms with Gasteiger partial charge in [-0.2, -0.15) is 0 Å². The highest BCUT2D eigenvalue weighted by Crippen LogP contribution is 2.17. The monoisotopic (exact) mass is 513 g/mol. The Labute approximate surface area is 195 Å². The minimum Gasteiger partial charge on any atom is -0.364 e. The van der Waals surface area contributed by atoms with E-state index in [-0.39, 0.29) is 24.0 Å². The second-order valence-corrected chi connectivity index (χ2v) is 7.45. The fourth-order valence-electron chi connectivity index (χ4n) is 3.46. The highest BCUT2D eigenvalue weighted by Gasteiger charge is 2.08. The smallest absolute Gasteiger partial charge is 0.191 e. The van der Waals surface area contributed by atoms with Gasteiger partial charge in [-0.05, 0) is 64.0 Å². The lowest BCUT2D eigenvalue weighted by Gasteiger charge is -2.21. The largest absolute Gasteiger partial charge is 0.364 e. The fraction of sp³-hybridized carbons (Fsp3) is 0.609. The van der Waals surface area contributed by atoms with Crippen LogP contribution in [0, 0.1) is 0 Å². The normalized spacial score (nSPS) is 14.8. The average Bonchev–Trinajstić information content (AvgIpc) is 3.25. The van der Waals surface area contributed by atoms with Crippen LogP contribution in [-0.4, -0.2) is 56.2 Å². The van der Waals surface area contributed by atoms with E-state index in [9.17, 15) is 0 Å². The summed E-state index contributed by atoms with van der Waals surface area (Å²) >= 11 is 0. The van der Waals surface area contributed by atoms with Crippen LogP contribution in [-0.2, 0) is 6.54 Å².